The van der Waals surface area contributed by atoms with Crippen molar-refractivity contribution < 1.29 is 8.42 Å². The molecule has 0 bridgehead atoms. The number of aromatic nitrogens is 1. The van der Waals surface area contributed by atoms with Crippen molar-refractivity contribution in [2.45, 2.75) is 50.5 Å². The van der Waals surface area contributed by atoms with E-state index in [-0.39, 0.29) is 11.4 Å². The van der Waals surface area contributed by atoms with E-state index in [4.69, 9.17) is 5.73 Å². The minimum absolute atomic E-state index is 0.124. The lowest BCUT2D eigenvalue weighted by Crippen LogP contribution is -2.32. The molecule has 1 aliphatic carbocycles. The summed E-state index contributed by atoms with van der Waals surface area (Å²) in [6.07, 6.45) is 7.44. The molecule has 2 rings (SSSR count). The molecule has 0 amide bonds. The van der Waals surface area contributed by atoms with Gasteiger partial charge in [-0.15, -0.1) is 0 Å². The highest BCUT2D eigenvalue weighted by Crippen LogP contribution is 2.30. The van der Waals surface area contributed by atoms with Crippen LogP contribution in [0.15, 0.2) is 23.2 Å². The Morgan fingerprint density at radius 1 is 1.29 bits per heavy atom. The van der Waals surface area contributed by atoms with Crippen LogP contribution in [0.5, 0.6) is 0 Å². The van der Waals surface area contributed by atoms with Crippen molar-refractivity contribution in [1.29, 1.82) is 0 Å². The minimum atomic E-state index is -3.51. The van der Waals surface area contributed by atoms with Gasteiger partial charge in [0, 0.05) is 19.3 Å². The monoisotopic (exact) mass is 311 g/mol. The molecule has 118 valence electrons. The molecular weight excluding hydrogens is 286 g/mol. The zero-order valence-electron chi connectivity index (χ0n) is 12.6. The number of nitrogens with zero attached hydrogens (tertiary/aromatic N) is 1. The largest absolute Gasteiger partial charge is 0.325 e. The van der Waals surface area contributed by atoms with E-state index in [0.29, 0.717) is 18.2 Å². The van der Waals surface area contributed by atoms with Crippen LogP contribution in [-0.4, -0.2) is 19.9 Å². The van der Waals surface area contributed by atoms with E-state index in [1.54, 1.807) is 18.3 Å². The first kappa shape index (κ1) is 16.4. The third-order valence-electron chi connectivity index (χ3n) is 4.44. The maximum absolute atomic E-state index is 12.4. The van der Waals surface area contributed by atoms with Crippen LogP contribution in [0.1, 0.15) is 44.7 Å². The van der Waals surface area contributed by atoms with Crippen molar-refractivity contribution in [1.82, 2.24) is 9.71 Å². The molecule has 0 spiro atoms. The van der Waals surface area contributed by atoms with Crippen LogP contribution in [0, 0.1) is 11.8 Å². The molecule has 1 heterocycles. The van der Waals surface area contributed by atoms with Crippen LogP contribution in [0.2, 0.25) is 0 Å². The Kier molecular flexibility index (Phi) is 5.72. The molecule has 21 heavy (non-hydrogen) atoms. The Bertz CT molecular complexity index is 552. The molecule has 5 nitrogen and oxygen atoms in total. The lowest BCUT2D eigenvalue weighted by atomic mass is 9.81. The number of hydrogen-bond donors (Lipinski definition) is 2. The highest BCUT2D eigenvalue weighted by molar-refractivity contribution is 7.89. The van der Waals surface area contributed by atoms with Gasteiger partial charge in [-0.3, -0.25) is 4.98 Å². The fourth-order valence-electron chi connectivity index (χ4n) is 2.97. The van der Waals surface area contributed by atoms with Gasteiger partial charge >= 0.3 is 0 Å². The van der Waals surface area contributed by atoms with Crippen molar-refractivity contribution in [3.05, 3.63) is 24.0 Å². The second kappa shape index (κ2) is 7.33. The summed E-state index contributed by atoms with van der Waals surface area (Å²) in [5.41, 5.74) is 5.98. The summed E-state index contributed by atoms with van der Waals surface area (Å²) in [6, 6.07) is 3.19. The van der Waals surface area contributed by atoms with Gasteiger partial charge in [0.05, 0.1) is 5.69 Å². The fraction of sp³-hybridized carbons (Fsp3) is 0.667. The molecular formula is C15H25N3O2S. The van der Waals surface area contributed by atoms with Crippen LogP contribution in [0.4, 0.5) is 0 Å². The van der Waals surface area contributed by atoms with Crippen molar-refractivity contribution in [2.75, 3.05) is 6.54 Å². The first-order chi connectivity index (χ1) is 10.1. The van der Waals surface area contributed by atoms with E-state index < -0.39 is 10.0 Å². The van der Waals surface area contributed by atoms with E-state index in [2.05, 4.69) is 16.6 Å². The van der Waals surface area contributed by atoms with Gasteiger partial charge in [0.15, 0.2) is 0 Å². The van der Waals surface area contributed by atoms with Crippen LogP contribution in [-0.2, 0) is 16.6 Å². The molecule has 6 heteroatoms. The van der Waals surface area contributed by atoms with Crippen LogP contribution in [0.3, 0.4) is 0 Å². The van der Waals surface area contributed by atoms with Gasteiger partial charge in [0.25, 0.3) is 0 Å². The Hall–Kier alpha value is -0.980. The quantitative estimate of drug-likeness (QED) is 0.842. The summed E-state index contributed by atoms with van der Waals surface area (Å²) in [6.45, 7) is 2.86. The first-order valence-corrected chi connectivity index (χ1v) is 9.18. The fourth-order valence-corrected chi connectivity index (χ4v) is 4.28. The Morgan fingerprint density at radius 2 is 1.95 bits per heavy atom. The molecule has 1 aromatic rings. The molecule has 0 atom stereocenters. The molecule has 1 aromatic heterocycles. The SMILES string of the molecule is CCC1CCC(CNS(=O)(=O)c2cccnc2CN)CC1. The van der Waals surface area contributed by atoms with Crippen LogP contribution >= 0.6 is 0 Å². The third-order valence-corrected chi connectivity index (χ3v) is 5.93. The van der Waals surface area contributed by atoms with E-state index >= 15 is 0 Å². The predicted molar refractivity (Wildman–Crippen MR) is 83.1 cm³/mol. The average molecular weight is 311 g/mol. The Labute approximate surface area is 127 Å². The number of nitrogens with two attached hydrogens (primary N) is 1. The van der Waals surface area contributed by atoms with Gasteiger partial charge in [-0.25, -0.2) is 13.1 Å². The summed E-state index contributed by atoms with van der Waals surface area (Å²) in [5, 5.41) is 0. The normalized spacial score (nSPS) is 23.1. The maximum Gasteiger partial charge on any atom is 0.242 e. The van der Waals surface area contributed by atoms with Crippen molar-refractivity contribution in [2.24, 2.45) is 17.6 Å². The second-order valence-corrected chi connectivity index (χ2v) is 7.53. The third kappa shape index (κ3) is 4.25. The highest BCUT2D eigenvalue weighted by Gasteiger charge is 2.23. The van der Waals surface area contributed by atoms with Gasteiger partial charge in [-0.05, 0) is 36.8 Å². The molecule has 0 saturated heterocycles. The second-order valence-electron chi connectivity index (χ2n) is 5.80. The van der Waals surface area contributed by atoms with Gasteiger partial charge in [-0.2, -0.15) is 0 Å². The predicted octanol–water partition coefficient (Wildman–Crippen LogP) is 2.04. The molecule has 0 radical (unpaired) electrons. The number of pyridine rings is 1. The van der Waals surface area contributed by atoms with Crippen molar-refractivity contribution in [3.63, 3.8) is 0 Å². The topological polar surface area (TPSA) is 85.1 Å². The van der Waals surface area contributed by atoms with Crippen molar-refractivity contribution >= 4 is 10.0 Å². The average Bonchev–Trinajstić information content (AvgIpc) is 2.53. The molecule has 1 aliphatic rings. The van der Waals surface area contributed by atoms with E-state index in [1.807, 2.05) is 0 Å². The Morgan fingerprint density at radius 3 is 2.57 bits per heavy atom. The molecule has 1 saturated carbocycles. The number of sulfonamides is 1. The summed E-state index contributed by atoms with van der Waals surface area (Å²) in [7, 11) is -3.51. The zero-order valence-corrected chi connectivity index (χ0v) is 13.4. The number of hydrogen-bond acceptors (Lipinski definition) is 4. The van der Waals surface area contributed by atoms with Crippen LogP contribution < -0.4 is 10.5 Å². The summed E-state index contributed by atoms with van der Waals surface area (Å²) in [5.74, 6) is 1.26. The van der Waals surface area contributed by atoms with Gasteiger partial charge in [0.1, 0.15) is 4.90 Å². The highest BCUT2D eigenvalue weighted by atomic mass is 32.2. The zero-order chi connectivity index (χ0) is 15.3. The van der Waals surface area contributed by atoms with Gasteiger partial charge in [-0.1, -0.05) is 26.2 Å². The molecule has 0 aromatic carbocycles. The van der Waals surface area contributed by atoms with E-state index in [0.717, 1.165) is 18.8 Å². The van der Waals surface area contributed by atoms with Crippen LogP contribution in [0.25, 0.3) is 0 Å². The van der Waals surface area contributed by atoms with E-state index in [1.165, 1.54) is 19.3 Å². The van der Waals surface area contributed by atoms with E-state index in [9.17, 15) is 8.42 Å². The number of nitrogens with one attached hydrogen (secondary N) is 1. The summed E-state index contributed by atoms with van der Waals surface area (Å²) in [4.78, 5) is 4.24. The summed E-state index contributed by atoms with van der Waals surface area (Å²) < 4.78 is 27.5. The standard InChI is InChI=1S/C15H25N3O2S/c1-2-12-5-7-13(8-6-12)11-18-21(19,20)15-4-3-9-17-14(15)10-16/h3-4,9,12-13,18H,2,5-8,10-11,16H2,1H3. The smallest absolute Gasteiger partial charge is 0.242 e. The summed E-state index contributed by atoms with van der Waals surface area (Å²) >= 11 is 0. The van der Waals surface area contributed by atoms with Gasteiger partial charge in [0.2, 0.25) is 10.0 Å². The van der Waals surface area contributed by atoms with Gasteiger partial charge < -0.3 is 5.73 Å². The molecule has 3 N–H and O–H groups in total. The first-order valence-electron chi connectivity index (χ1n) is 7.70. The van der Waals surface area contributed by atoms with Crippen molar-refractivity contribution in [3.8, 4) is 0 Å². The lowest BCUT2D eigenvalue weighted by molar-refractivity contribution is 0.270. The molecule has 0 aliphatic heterocycles. The molecule has 0 unspecified atom stereocenters. The Balaban J connectivity index is 1.96. The molecule has 1 fully saturated rings. The minimum Gasteiger partial charge on any atom is -0.325 e. The lowest BCUT2D eigenvalue weighted by Gasteiger charge is -2.27. The number of rotatable bonds is 6. The maximum atomic E-state index is 12.4.